The predicted octanol–water partition coefficient (Wildman–Crippen LogP) is 5.89. The number of nitrogens with one attached hydrogen (secondary N) is 1. The minimum atomic E-state index is -2.48. The molecule has 1 aromatic heterocycles. The van der Waals surface area contributed by atoms with Crippen LogP contribution in [0.1, 0.15) is 48.6 Å². The maximum atomic E-state index is 13.9. The highest BCUT2D eigenvalue weighted by Crippen LogP contribution is 2.39. The molecule has 4 nitrogen and oxygen atoms in total. The van der Waals surface area contributed by atoms with E-state index in [0.717, 1.165) is 45.5 Å². The van der Waals surface area contributed by atoms with Crippen molar-refractivity contribution in [2.75, 3.05) is 20.3 Å². The van der Waals surface area contributed by atoms with E-state index in [1.54, 1.807) is 7.11 Å². The van der Waals surface area contributed by atoms with Gasteiger partial charge in [-0.1, -0.05) is 13.0 Å². The molecule has 0 saturated heterocycles. The van der Waals surface area contributed by atoms with E-state index in [2.05, 4.69) is 18.0 Å². The van der Waals surface area contributed by atoms with Crippen molar-refractivity contribution in [3.63, 3.8) is 0 Å². The van der Waals surface area contributed by atoms with Crippen molar-refractivity contribution < 1.29 is 18.3 Å². The lowest BCUT2D eigenvalue weighted by molar-refractivity contribution is -0.0607. The monoisotopic (exact) mass is 428 g/mol. The zero-order valence-corrected chi connectivity index (χ0v) is 18.4. The molecule has 0 spiro atoms. The van der Waals surface area contributed by atoms with Gasteiger partial charge in [-0.15, -0.1) is 0 Å². The first-order chi connectivity index (χ1) is 15.0. The molecule has 166 valence electrons. The quantitative estimate of drug-likeness (QED) is 0.455. The smallest absolute Gasteiger partial charge is 0.295 e. The molecule has 1 N–H and O–H groups in total. The van der Waals surface area contributed by atoms with Gasteiger partial charge < -0.3 is 14.5 Å². The number of hydrogen-bond donors (Lipinski definition) is 1. The molecule has 2 heterocycles. The number of halogens is 2. The van der Waals surface area contributed by atoms with E-state index in [1.807, 2.05) is 37.4 Å². The van der Waals surface area contributed by atoms with Crippen molar-refractivity contribution >= 4 is 10.9 Å². The topological polar surface area (TPSA) is 37.5 Å². The third-order valence-corrected chi connectivity index (χ3v) is 6.31. The number of fused-ring (bicyclic) bond motifs is 2. The first-order valence-corrected chi connectivity index (χ1v) is 11.0. The largest absolute Gasteiger partial charge is 0.497 e. The van der Waals surface area contributed by atoms with Crippen molar-refractivity contribution in [2.45, 2.75) is 52.1 Å². The number of rotatable bonds is 8. The zero-order valence-electron chi connectivity index (χ0n) is 18.4. The van der Waals surface area contributed by atoms with Gasteiger partial charge in [0.1, 0.15) is 11.5 Å². The van der Waals surface area contributed by atoms with Gasteiger partial charge in [-0.3, -0.25) is 0 Å². The maximum Gasteiger partial charge on any atom is 0.295 e. The molecular weight excluding hydrogens is 398 g/mol. The Hall–Kier alpha value is -2.60. The first kappa shape index (κ1) is 21.6. The third kappa shape index (κ3) is 4.26. The van der Waals surface area contributed by atoms with Gasteiger partial charge in [-0.05, 0) is 79.1 Å². The SMILES string of the molecule is CCOc1cc2c(cc1CC)CCN(C(F)F)C2CCc1c[nH]c2ccc(OC)cc12. The van der Waals surface area contributed by atoms with Crippen LogP contribution in [0.5, 0.6) is 11.5 Å². The minimum absolute atomic E-state index is 0.343. The number of aromatic nitrogens is 1. The molecule has 6 heteroatoms. The molecular formula is C25H30F2N2O2. The first-order valence-electron chi connectivity index (χ1n) is 11.0. The number of nitrogens with zero attached hydrogens (tertiary/aromatic N) is 1. The molecule has 1 aliphatic heterocycles. The van der Waals surface area contributed by atoms with Gasteiger partial charge in [0.2, 0.25) is 0 Å². The summed E-state index contributed by atoms with van der Waals surface area (Å²) in [5, 5.41) is 1.08. The van der Waals surface area contributed by atoms with Crippen LogP contribution in [0.15, 0.2) is 36.5 Å². The zero-order chi connectivity index (χ0) is 22.0. The summed E-state index contributed by atoms with van der Waals surface area (Å²) in [6.45, 7) is 2.50. The Morgan fingerprint density at radius 3 is 2.71 bits per heavy atom. The number of ether oxygens (including phenoxy) is 2. The number of H-pyrrole nitrogens is 1. The maximum absolute atomic E-state index is 13.9. The van der Waals surface area contributed by atoms with Crippen LogP contribution in [0.3, 0.4) is 0 Å². The summed E-state index contributed by atoms with van der Waals surface area (Å²) in [5.41, 5.74) is 5.43. The Labute approximate surface area is 182 Å². The number of methoxy groups -OCH3 is 1. The van der Waals surface area contributed by atoms with Crippen LogP contribution in [0.25, 0.3) is 10.9 Å². The highest BCUT2D eigenvalue weighted by molar-refractivity contribution is 5.84. The molecule has 0 fully saturated rings. The lowest BCUT2D eigenvalue weighted by Gasteiger charge is -2.37. The molecule has 1 atom stereocenters. The fourth-order valence-corrected chi connectivity index (χ4v) is 4.71. The second-order valence-electron chi connectivity index (χ2n) is 7.99. The Morgan fingerprint density at radius 1 is 1.16 bits per heavy atom. The summed E-state index contributed by atoms with van der Waals surface area (Å²) in [7, 11) is 1.65. The second-order valence-corrected chi connectivity index (χ2v) is 7.99. The van der Waals surface area contributed by atoms with Crippen LogP contribution >= 0.6 is 0 Å². The number of alkyl halides is 2. The molecule has 0 radical (unpaired) electrons. The van der Waals surface area contributed by atoms with Crippen molar-refractivity contribution in [1.29, 1.82) is 0 Å². The number of benzene rings is 2. The molecule has 1 aliphatic rings. The number of aromatic amines is 1. The normalized spacial score (nSPS) is 16.6. The Balaban J connectivity index is 1.67. The lowest BCUT2D eigenvalue weighted by atomic mass is 9.87. The van der Waals surface area contributed by atoms with E-state index < -0.39 is 6.55 Å². The average Bonchev–Trinajstić information content (AvgIpc) is 3.19. The standard InChI is InChI=1S/C25H30F2N2O2/c1-4-16-12-17-10-11-29(25(26)27)23(21(17)14-24(16)31-5-2)9-6-18-15-28-22-8-7-19(30-3)13-20(18)22/h7-8,12-15,23,25,28H,4-6,9-11H2,1-3H3. The van der Waals surface area contributed by atoms with E-state index in [0.29, 0.717) is 32.4 Å². The Bertz CT molecular complexity index is 1050. The number of aryl methyl sites for hydroxylation is 2. The van der Waals surface area contributed by atoms with E-state index >= 15 is 0 Å². The molecule has 0 aliphatic carbocycles. The van der Waals surface area contributed by atoms with Gasteiger partial charge in [-0.25, -0.2) is 4.90 Å². The van der Waals surface area contributed by atoms with Crippen LogP contribution in [-0.4, -0.2) is 36.7 Å². The van der Waals surface area contributed by atoms with Gasteiger partial charge in [0, 0.05) is 29.7 Å². The Morgan fingerprint density at radius 2 is 2.00 bits per heavy atom. The van der Waals surface area contributed by atoms with Crippen LogP contribution < -0.4 is 9.47 Å². The summed E-state index contributed by atoms with van der Waals surface area (Å²) in [5.74, 6) is 1.61. The van der Waals surface area contributed by atoms with Gasteiger partial charge >= 0.3 is 0 Å². The van der Waals surface area contributed by atoms with Crippen molar-refractivity contribution in [2.24, 2.45) is 0 Å². The van der Waals surface area contributed by atoms with Crippen molar-refractivity contribution in [3.8, 4) is 11.5 Å². The minimum Gasteiger partial charge on any atom is -0.497 e. The van der Waals surface area contributed by atoms with E-state index in [-0.39, 0.29) is 6.04 Å². The summed E-state index contributed by atoms with van der Waals surface area (Å²) < 4.78 is 39.1. The van der Waals surface area contributed by atoms with Crippen molar-refractivity contribution in [1.82, 2.24) is 9.88 Å². The average molecular weight is 429 g/mol. The van der Waals surface area contributed by atoms with Crippen LogP contribution in [-0.2, 0) is 19.3 Å². The molecule has 3 aromatic rings. The third-order valence-electron chi connectivity index (χ3n) is 6.31. The van der Waals surface area contributed by atoms with E-state index in [1.165, 1.54) is 10.5 Å². The number of hydrogen-bond acceptors (Lipinski definition) is 3. The van der Waals surface area contributed by atoms with Crippen LogP contribution in [0, 0.1) is 0 Å². The molecule has 1 unspecified atom stereocenters. The molecule has 4 rings (SSSR count). The van der Waals surface area contributed by atoms with Gasteiger partial charge in [-0.2, -0.15) is 8.78 Å². The second kappa shape index (κ2) is 9.27. The fraction of sp³-hybridized carbons (Fsp3) is 0.440. The van der Waals surface area contributed by atoms with E-state index in [4.69, 9.17) is 9.47 Å². The summed E-state index contributed by atoms with van der Waals surface area (Å²) in [6.07, 6.45) is 4.79. The molecule has 0 saturated carbocycles. The van der Waals surface area contributed by atoms with E-state index in [9.17, 15) is 8.78 Å². The highest BCUT2D eigenvalue weighted by atomic mass is 19.3. The van der Waals surface area contributed by atoms with Crippen LogP contribution in [0.4, 0.5) is 8.78 Å². The lowest BCUT2D eigenvalue weighted by Crippen LogP contribution is -2.39. The van der Waals surface area contributed by atoms with Gasteiger partial charge in [0.05, 0.1) is 13.7 Å². The summed E-state index contributed by atoms with van der Waals surface area (Å²) >= 11 is 0. The predicted molar refractivity (Wildman–Crippen MR) is 119 cm³/mol. The van der Waals surface area contributed by atoms with Gasteiger partial charge in [0.25, 0.3) is 6.55 Å². The summed E-state index contributed by atoms with van der Waals surface area (Å²) in [6, 6.07) is 9.73. The fourth-order valence-electron chi connectivity index (χ4n) is 4.71. The van der Waals surface area contributed by atoms with Crippen molar-refractivity contribution in [3.05, 3.63) is 58.8 Å². The highest BCUT2D eigenvalue weighted by Gasteiger charge is 2.33. The molecule has 2 aromatic carbocycles. The summed E-state index contributed by atoms with van der Waals surface area (Å²) in [4.78, 5) is 4.62. The van der Waals surface area contributed by atoms with Crippen LogP contribution in [0.2, 0.25) is 0 Å². The van der Waals surface area contributed by atoms with Gasteiger partial charge in [0.15, 0.2) is 0 Å². The molecule has 0 bridgehead atoms. The molecule has 31 heavy (non-hydrogen) atoms. The molecule has 0 amide bonds. The Kier molecular flexibility index (Phi) is 6.46.